The summed E-state index contributed by atoms with van der Waals surface area (Å²) in [6.07, 6.45) is -2.68. The highest BCUT2D eigenvalue weighted by Crippen LogP contribution is 2.52. The van der Waals surface area contributed by atoms with E-state index in [1.54, 1.807) is 0 Å². The summed E-state index contributed by atoms with van der Waals surface area (Å²) in [7, 11) is 0. The highest BCUT2D eigenvalue weighted by Gasteiger charge is 2.49. The Labute approximate surface area is 215 Å². The van der Waals surface area contributed by atoms with Crippen LogP contribution in [0, 0.1) is 0 Å². The maximum atomic E-state index is 13.6. The lowest BCUT2D eigenvalue weighted by Gasteiger charge is -2.40. The van der Waals surface area contributed by atoms with E-state index in [9.17, 15) is 45.0 Å². The van der Waals surface area contributed by atoms with Gasteiger partial charge in [-0.05, 0) is 5.56 Å². The topological polar surface area (TPSA) is 217 Å². The van der Waals surface area contributed by atoms with E-state index in [4.69, 9.17) is 15.2 Å². The molecular formula is C26H25NO11. The largest absolute Gasteiger partial charge is 0.507 e. The molecule has 1 heterocycles. The summed E-state index contributed by atoms with van der Waals surface area (Å²) in [5.41, 5.74) is 2.11. The van der Waals surface area contributed by atoms with Crippen LogP contribution >= 0.6 is 0 Å². The van der Waals surface area contributed by atoms with Crippen molar-refractivity contribution in [1.29, 1.82) is 0 Å². The number of hydrogen-bond donors (Lipinski definition) is 7. The first-order chi connectivity index (χ1) is 18.0. The first-order valence-corrected chi connectivity index (χ1v) is 11.8. The highest BCUT2D eigenvalue weighted by atomic mass is 16.7. The first kappa shape index (κ1) is 25.8. The van der Waals surface area contributed by atoms with Crippen molar-refractivity contribution in [3.8, 4) is 11.5 Å². The lowest BCUT2D eigenvalue weighted by molar-refractivity contribution is -0.180. The molecule has 0 amide bonds. The number of hydrogen-bond acceptors (Lipinski definition) is 12. The van der Waals surface area contributed by atoms with Gasteiger partial charge in [0.25, 0.3) is 0 Å². The Hall–Kier alpha value is -3.81. The van der Waals surface area contributed by atoms with E-state index >= 15 is 0 Å². The summed E-state index contributed by atoms with van der Waals surface area (Å²) in [6.45, 7) is -1.59. The van der Waals surface area contributed by atoms with Gasteiger partial charge >= 0.3 is 0 Å². The molecule has 0 radical (unpaired) electrons. The lowest BCUT2D eigenvalue weighted by Crippen LogP contribution is -2.48. The van der Waals surface area contributed by atoms with Crippen LogP contribution in [0.5, 0.6) is 11.5 Å². The molecule has 0 saturated heterocycles. The summed E-state index contributed by atoms with van der Waals surface area (Å²) < 4.78 is 11.2. The van der Waals surface area contributed by atoms with Gasteiger partial charge in [0.2, 0.25) is 6.29 Å². The van der Waals surface area contributed by atoms with Crippen molar-refractivity contribution in [3.63, 3.8) is 0 Å². The van der Waals surface area contributed by atoms with Crippen molar-refractivity contribution in [3.05, 3.63) is 69.2 Å². The number of carbonyl (C=O) groups is 3. The van der Waals surface area contributed by atoms with Gasteiger partial charge in [-0.25, -0.2) is 0 Å². The number of ether oxygens (including phenoxy) is 2. The molecule has 38 heavy (non-hydrogen) atoms. The Morgan fingerprint density at radius 1 is 1.08 bits per heavy atom. The molecule has 2 aliphatic carbocycles. The normalized spacial score (nSPS) is 26.1. The van der Waals surface area contributed by atoms with Gasteiger partial charge in [0, 0.05) is 41.5 Å². The molecule has 2 aromatic carbocycles. The van der Waals surface area contributed by atoms with E-state index in [2.05, 4.69) is 0 Å². The molecule has 0 aromatic heterocycles. The second kappa shape index (κ2) is 9.19. The maximum absolute atomic E-state index is 13.6. The minimum Gasteiger partial charge on any atom is -0.507 e. The molecule has 5 rings (SSSR count). The molecule has 8 N–H and O–H groups in total. The standard InChI is InChI=1S/C26H25NO11/c27-13-4-17(37-9-14(13)30)38-15-6-26(36,16(31)8-29)5-12-19(15)25(35)21-20(23(12)33)22(32)11-3-1-2-10(7-28)18(11)24(21)34/h1-3,9,13,15,17,28-30,33,35-36H,4-8,27H2/t13?,15-,17?,26-/m0/s1. The Bertz CT molecular complexity index is 1410. The van der Waals surface area contributed by atoms with Crippen LogP contribution in [0.25, 0.3) is 0 Å². The third kappa shape index (κ3) is 3.77. The van der Waals surface area contributed by atoms with Crippen LogP contribution in [0.2, 0.25) is 0 Å². The average Bonchev–Trinajstić information content (AvgIpc) is 2.90. The molecule has 2 aromatic rings. The van der Waals surface area contributed by atoms with E-state index in [0.29, 0.717) is 0 Å². The van der Waals surface area contributed by atoms with Crippen molar-refractivity contribution in [2.45, 2.75) is 49.9 Å². The van der Waals surface area contributed by atoms with E-state index in [0.717, 1.165) is 6.26 Å². The van der Waals surface area contributed by atoms with Crippen molar-refractivity contribution < 1.29 is 54.5 Å². The number of Topliss-reactive ketones (excluding diaryl/α,β-unsaturated/α-hetero) is 1. The Morgan fingerprint density at radius 3 is 2.45 bits per heavy atom. The van der Waals surface area contributed by atoms with Crippen molar-refractivity contribution in [2.24, 2.45) is 5.73 Å². The second-order valence-electron chi connectivity index (χ2n) is 9.56. The molecule has 12 heteroatoms. The lowest BCUT2D eigenvalue weighted by atomic mass is 9.71. The van der Waals surface area contributed by atoms with Gasteiger partial charge in [0.1, 0.15) is 35.7 Å². The number of nitrogens with two attached hydrogens (primary N) is 1. The maximum Gasteiger partial charge on any atom is 0.201 e. The van der Waals surface area contributed by atoms with Crippen LogP contribution in [0.4, 0.5) is 0 Å². The fourth-order valence-electron chi connectivity index (χ4n) is 5.35. The van der Waals surface area contributed by atoms with Crippen LogP contribution in [-0.4, -0.2) is 72.5 Å². The molecule has 0 spiro atoms. The summed E-state index contributed by atoms with van der Waals surface area (Å²) >= 11 is 0. The summed E-state index contributed by atoms with van der Waals surface area (Å²) in [5.74, 6) is -4.29. The number of rotatable bonds is 5. The zero-order valence-corrected chi connectivity index (χ0v) is 19.9. The molecule has 3 aliphatic rings. The molecule has 2 unspecified atom stereocenters. The molecule has 200 valence electrons. The number of phenolic OH excluding ortho intramolecular Hbond substituents is 2. The Morgan fingerprint density at radius 2 is 1.79 bits per heavy atom. The van der Waals surface area contributed by atoms with Crippen LogP contribution in [0.15, 0.2) is 30.2 Å². The predicted octanol–water partition coefficient (Wildman–Crippen LogP) is 0.135. The summed E-state index contributed by atoms with van der Waals surface area (Å²) in [4.78, 5) is 39.5. The van der Waals surface area contributed by atoms with Crippen LogP contribution < -0.4 is 5.73 Å². The monoisotopic (exact) mass is 527 g/mol. The summed E-state index contributed by atoms with van der Waals surface area (Å²) in [5, 5.41) is 62.7. The number of aliphatic hydroxyl groups is 4. The van der Waals surface area contributed by atoms with Gasteiger partial charge in [0.15, 0.2) is 17.3 Å². The number of fused-ring (bicyclic) bond motifs is 3. The van der Waals surface area contributed by atoms with Crippen molar-refractivity contribution in [2.75, 3.05) is 6.61 Å². The number of carbonyl (C=O) groups excluding carboxylic acids is 3. The minimum atomic E-state index is -2.26. The van der Waals surface area contributed by atoms with E-state index in [1.807, 2.05) is 0 Å². The number of ketones is 3. The van der Waals surface area contributed by atoms with Crippen LogP contribution in [0.1, 0.15) is 67.5 Å². The van der Waals surface area contributed by atoms with Gasteiger partial charge in [-0.3, -0.25) is 14.4 Å². The molecule has 0 saturated carbocycles. The number of aliphatic hydroxyl groups excluding tert-OH is 3. The highest BCUT2D eigenvalue weighted by molar-refractivity contribution is 6.31. The molecular weight excluding hydrogens is 502 g/mol. The average molecular weight is 527 g/mol. The van der Waals surface area contributed by atoms with Crippen LogP contribution in [-0.2, 0) is 27.3 Å². The second-order valence-corrected chi connectivity index (χ2v) is 9.56. The van der Waals surface area contributed by atoms with Gasteiger partial charge in [0.05, 0.1) is 29.9 Å². The quantitative estimate of drug-likeness (QED) is 0.220. The smallest absolute Gasteiger partial charge is 0.201 e. The Balaban J connectivity index is 1.70. The fraction of sp³-hybridized carbons (Fsp3) is 0.346. The third-order valence-electron chi connectivity index (χ3n) is 7.30. The zero-order valence-electron chi connectivity index (χ0n) is 19.9. The number of phenols is 2. The van der Waals surface area contributed by atoms with Crippen molar-refractivity contribution in [1.82, 2.24) is 0 Å². The molecule has 0 bridgehead atoms. The van der Waals surface area contributed by atoms with Crippen molar-refractivity contribution >= 4 is 17.3 Å². The third-order valence-corrected chi connectivity index (χ3v) is 7.30. The van der Waals surface area contributed by atoms with E-state index in [1.165, 1.54) is 18.2 Å². The molecule has 4 atom stereocenters. The van der Waals surface area contributed by atoms with E-state index < -0.39 is 90.1 Å². The predicted molar refractivity (Wildman–Crippen MR) is 126 cm³/mol. The molecule has 1 aliphatic heterocycles. The SMILES string of the molecule is NC1CC(O[C@H]2C[C@](O)(C(=O)CO)Cc3c(O)c4c(c(O)c32)C(=O)c2c(CO)cccc2C4=O)OC=C1O. The van der Waals surface area contributed by atoms with Gasteiger partial charge in [-0.1, -0.05) is 18.2 Å². The molecule has 0 fully saturated rings. The van der Waals surface area contributed by atoms with Crippen LogP contribution in [0.3, 0.4) is 0 Å². The zero-order chi connectivity index (χ0) is 27.5. The minimum absolute atomic E-state index is 0.0527. The first-order valence-electron chi connectivity index (χ1n) is 11.8. The van der Waals surface area contributed by atoms with Gasteiger partial charge < -0.3 is 45.8 Å². The Kier molecular flexibility index (Phi) is 6.24. The number of aromatic hydroxyl groups is 2. The van der Waals surface area contributed by atoms with E-state index in [-0.39, 0.29) is 40.0 Å². The molecule has 12 nitrogen and oxygen atoms in total. The summed E-state index contributed by atoms with van der Waals surface area (Å²) in [6, 6.07) is 3.40. The fourth-order valence-corrected chi connectivity index (χ4v) is 5.35. The van der Waals surface area contributed by atoms with Gasteiger partial charge in [-0.15, -0.1) is 0 Å². The number of benzene rings is 2. The van der Waals surface area contributed by atoms with Gasteiger partial charge in [-0.2, -0.15) is 0 Å².